The third kappa shape index (κ3) is 3.24. The van der Waals surface area contributed by atoms with E-state index in [-0.39, 0.29) is 23.3 Å². The minimum atomic E-state index is -1.11. The van der Waals surface area contributed by atoms with Crippen LogP contribution in [0, 0.1) is 0 Å². The number of likely N-dealkylation sites (tertiary alicyclic amines) is 1. The van der Waals surface area contributed by atoms with E-state index in [0.29, 0.717) is 18.0 Å². The summed E-state index contributed by atoms with van der Waals surface area (Å²) in [6.07, 6.45) is 3.57. The average Bonchev–Trinajstić information content (AvgIpc) is 3.18. The first kappa shape index (κ1) is 15.6. The molecule has 2 aromatic rings. The highest BCUT2D eigenvalue weighted by Gasteiger charge is 2.31. The van der Waals surface area contributed by atoms with E-state index < -0.39 is 5.97 Å². The normalized spacial score (nSPS) is 17.4. The van der Waals surface area contributed by atoms with Crippen molar-refractivity contribution in [3.05, 3.63) is 58.5 Å². The number of halogens is 1. The fraction of sp³-hybridized carbons (Fsp3) is 0.294. The number of carbonyl (C=O) groups excluding carboxylic acids is 1. The highest BCUT2D eigenvalue weighted by molar-refractivity contribution is 6.31. The molecule has 3 rings (SSSR count). The van der Waals surface area contributed by atoms with E-state index in [0.717, 1.165) is 24.7 Å². The van der Waals surface area contributed by atoms with Crippen LogP contribution in [0.25, 0.3) is 0 Å². The maximum atomic E-state index is 12.6. The lowest BCUT2D eigenvalue weighted by molar-refractivity contribution is 0.0690. The van der Waals surface area contributed by atoms with Gasteiger partial charge in [0, 0.05) is 23.7 Å². The Morgan fingerprint density at radius 1 is 1.35 bits per heavy atom. The van der Waals surface area contributed by atoms with Gasteiger partial charge in [-0.25, -0.2) is 4.79 Å². The van der Waals surface area contributed by atoms with E-state index in [1.165, 1.54) is 6.07 Å². The first-order valence-corrected chi connectivity index (χ1v) is 7.80. The van der Waals surface area contributed by atoms with Gasteiger partial charge in [-0.15, -0.1) is 0 Å². The lowest BCUT2D eigenvalue weighted by Crippen LogP contribution is -2.36. The van der Waals surface area contributed by atoms with Crippen LogP contribution in [-0.4, -0.2) is 34.5 Å². The summed E-state index contributed by atoms with van der Waals surface area (Å²) in [6, 6.07) is 8.91. The van der Waals surface area contributed by atoms with Crippen molar-refractivity contribution in [1.82, 2.24) is 4.90 Å². The number of furan rings is 1. The zero-order valence-electron chi connectivity index (χ0n) is 12.4. The molecule has 1 saturated heterocycles. The molecule has 1 amide bonds. The van der Waals surface area contributed by atoms with E-state index in [4.69, 9.17) is 21.1 Å². The Morgan fingerprint density at radius 3 is 2.83 bits per heavy atom. The molecule has 6 heteroatoms. The number of amides is 1. The molecule has 1 N–H and O–H groups in total. The number of rotatable bonds is 4. The zero-order chi connectivity index (χ0) is 16.4. The number of carbonyl (C=O) groups is 2. The van der Waals surface area contributed by atoms with Gasteiger partial charge < -0.3 is 14.4 Å². The average molecular weight is 334 g/mol. The number of carboxylic acids is 1. The zero-order valence-corrected chi connectivity index (χ0v) is 13.1. The van der Waals surface area contributed by atoms with E-state index in [9.17, 15) is 9.59 Å². The number of nitrogens with zero attached hydrogens (tertiary/aromatic N) is 1. The first-order valence-electron chi connectivity index (χ1n) is 7.42. The van der Waals surface area contributed by atoms with Gasteiger partial charge in [-0.2, -0.15) is 0 Å². The lowest BCUT2D eigenvalue weighted by Gasteiger charge is -2.24. The second-order valence-electron chi connectivity index (χ2n) is 5.59. The quantitative estimate of drug-likeness (QED) is 0.929. The second kappa shape index (κ2) is 6.46. The summed E-state index contributed by atoms with van der Waals surface area (Å²) in [6.45, 7) is 0.636. The summed E-state index contributed by atoms with van der Waals surface area (Å²) in [7, 11) is 0. The number of hydrogen-bond acceptors (Lipinski definition) is 3. The molecule has 5 nitrogen and oxygen atoms in total. The van der Waals surface area contributed by atoms with Gasteiger partial charge in [-0.05, 0) is 30.9 Å². The third-order valence-corrected chi connectivity index (χ3v) is 4.48. The molecule has 1 aromatic carbocycles. The molecule has 23 heavy (non-hydrogen) atoms. The smallest absolute Gasteiger partial charge is 0.338 e. The number of aromatic carboxylic acids is 1. The van der Waals surface area contributed by atoms with Crippen LogP contribution in [0.1, 0.15) is 39.3 Å². The summed E-state index contributed by atoms with van der Waals surface area (Å²) in [4.78, 5) is 25.2. The number of hydrogen-bond donors (Lipinski definition) is 1. The Morgan fingerprint density at radius 2 is 2.13 bits per heavy atom. The molecule has 0 aliphatic carbocycles. The van der Waals surface area contributed by atoms with Crippen molar-refractivity contribution in [2.75, 3.05) is 6.54 Å². The van der Waals surface area contributed by atoms with E-state index >= 15 is 0 Å². The number of benzene rings is 1. The molecule has 1 atom stereocenters. The van der Waals surface area contributed by atoms with Crippen molar-refractivity contribution >= 4 is 23.5 Å². The summed E-state index contributed by atoms with van der Waals surface area (Å²) < 4.78 is 5.12. The predicted molar refractivity (Wildman–Crippen MR) is 84.9 cm³/mol. The van der Waals surface area contributed by atoms with Gasteiger partial charge in [0.25, 0.3) is 5.91 Å². The number of carboxylic acid groups (broad SMARTS) is 1. The molecule has 0 spiro atoms. The molecule has 1 unspecified atom stereocenters. The Balaban J connectivity index is 1.76. The van der Waals surface area contributed by atoms with E-state index in [1.54, 1.807) is 4.90 Å². The fourth-order valence-electron chi connectivity index (χ4n) is 2.94. The van der Waals surface area contributed by atoms with Crippen LogP contribution in [0.4, 0.5) is 0 Å². The molecular weight excluding hydrogens is 318 g/mol. The molecule has 120 valence electrons. The predicted octanol–water partition coefficient (Wildman–Crippen LogP) is 3.48. The van der Waals surface area contributed by atoms with Crippen molar-refractivity contribution in [1.29, 1.82) is 0 Å². The van der Waals surface area contributed by atoms with Crippen molar-refractivity contribution in [2.45, 2.75) is 25.3 Å². The molecule has 1 aliphatic rings. The maximum absolute atomic E-state index is 12.6. The monoisotopic (exact) mass is 333 g/mol. The minimum Gasteiger partial charge on any atom is -0.478 e. The van der Waals surface area contributed by atoms with Crippen LogP contribution in [0.3, 0.4) is 0 Å². The van der Waals surface area contributed by atoms with Crippen LogP contribution in [0.5, 0.6) is 0 Å². The summed E-state index contributed by atoms with van der Waals surface area (Å²) in [5.41, 5.74) is 0.986. The molecule has 0 saturated carbocycles. The molecule has 2 heterocycles. The minimum absolute atomic E-state index is 0.0183. The van der Waals surface area contributed by atoms with Gasteiger partial charge in [0.2, 0.25) is 0 Å². The van der Waals surface area contributed by atoms with Crippen molar-refractivity contribution < 1.29 is 19.1 Å². The van der Waals surface area contributed by atoms with Crippen molar-refractivity contribution in [3.8, 4) is 0 Å². The van der Waals surface area contributed by atoms with Gasteiger partial charge in [-0.1, -0.05) is 29.8 Å². The van der Waals surface area contributed by atoms with Crippen LogP contribution in [-0.2, 0) is 6.42 Å². The van der Waals surface area contributed by atoms with Crippen LogP contribution >= 0.6 is 11.6 Å². The first-order chi connectivity index (χ1) is 11.1. The fourth-order valence-corrected chi connectivity index (χ4v) is 3.15. The third-order valence-electron chi connectivity index (χ3n) is 4.11. The SMILES string of the molecule is O=C(O)c1coc(C(=O)N2CCCC2Cc2ccccc2Cl)c1. The van der Waals surface area contributed by atoms with Gasteiger partial charge in [0.05, 0.1) is 5.56 Å². The van der Waals surface area contributed by atoms with E-state index in [1.807, 2.05) is 24.3 Å². The molecular formula is C17H16ClNO4. The molecule has 1 aliphatic heterocycles. The molecule has 0 radical (unpaired) electrons. The standard InChI is InChI=1S/C17H16ClNO4/c18-14-6-2-1-4-11(14)8-13-5-3-7-19(13)16(20)15-9-12(10-23-15)17(21)22/h1-2,4,6,9-10,13H,3,5,7-8H2,(H,21,22). The largest absolute Gasteiger partial charge is 0.478 e. The van der Waals surface area contributed by atoms with Gasteiger partial charge in [-0.3, -0.25) is 4.79 Å². The Labute approximate surface area is 138 Å². The van der Waals surface area contributed by atoms with Gasteiger partial charge in [0.1, 0.15) is 6.26 Å². The summed E-state index contributed by atoms with van der Waals surface area (Å²) >= 11 is 6.20. The van der Waals surface area contributed by atoms with Gasteiger partial charge >= 0.3 is 5.97 Å². The van der Waals surface area contributed by atoms with Crippen LogP contribution < -0.4 is 0 Å². The summed E-state index contributed by atoms with van der Waals surface area (Å²) in [5, 5.41) is 9.62. The maximum Gasteiger partial charge on any atom is 0.338 e. The Bertz CT molecular complexity index is 740. The summed E-state index contributed by atoms with van der Waals surface area (Å²) in [5.74, 6) is -1.32. The Hall–Kier alpha value is -2.27. The molecule has 1 aromatic heterocycles. The highest BCUT2D eigenvalue weighted by atomic mass is 35.5. The molecule has 0 bridgehead atoms. The topological polar surface area (TPSA) is 70.7 Å². The van der Waals surface area contributed by atoms with Crippen LogP contribution in [0.2, 0.25) is 5.02 Å². The lowest BCUT2D eigenvalue weighted by atomic mass is 10.0. The van der Waals surface area contributed by atoms with E-state index in [2.05, 4.69) is 0 Å². The van der Waals surface area contributed by atoms with Gasteiger partial charge in [0.15, 0.2) is 5.76 Å². The highest BCUT2D eigenvalue weighted by Crippen LogP contribution is 2.26. The molecule has 1 fully saturated rings. The Kier molecular flexibility index (Phi) is 4.39. The second-order valence-corrected chi connectivity index (χ2v) is 6.00. The van der Waals surface area contributed by atoms with Crippen molar-refractivity contribution in [2.24, 2.45) is 0 Å². The van der Waals surface area contributed by atoms with Crippen molar-refractivity contribution in [3.63, 3.8) is 0 Å². The van der Waals surface area contributed by atoms with Crippen LogP contribution in [0.15, 0.2) is 41.0 Å².